The number of hydrogen-bond acceptors (Lipinski definition) is 6. The van der Waals surface area contributed by atoms with Crippen LogP contribution in [0.5, 0.6) is 0 Å². The third kappa shape index (κ3) is 5.02. The Kier molecular flexibility index (Phi) is 7.88. The van der Waals surface area contributed by atoms with Crippen molar-refractivity contribution in [3.8, 4) is 0 Å². The molecule has 1 aromatic heterocycles. The molecule has 0 spiro atoms. The fourth-order valence-corrected chi connectivity index (χ4v) is 5.85. The van der Waals surface area contributed by atoms with Crippen LogP contribution >= 0.6 is 35.5 Å². The number of sulfonamides is 1. The van der Waals surface area contributed by atoms with Crippen LogP contribution in [0, 0.1) is 0 Å². The maximum atomic E-state index is 13.1. The molecular weight excluding hydrogens is 404 g/mol. The van der Waals surface area contributed by atoms with Gasteiger partial charge in [0.25, 0.3) is 11.8 Å². The molecule has 6 nitrogen and oxygen atoms in total. The molecule has 1 aromatic rings. The molecule has 2 heterocycles. The Morgan fingerprint density at radius 1 is 1.38 bits per heavy atom. The van der Waals surface area contributed by atoms with Gasteiger partial charge in [-0.2, -0.15) is 16.1 Å². The topological polar surface area (TPSA) is 92.5 Å². The Morgan fingerprint density at radius 2 is 2.00 bits per heavy atom. The lowest BCUT2D eigenvalue weighted by Crippen LogP contribution is -2.42. The van der Waals surface area contributed by atoms with E-state index in [1.54, 1.807) is 11.8 Å². The van der Waals surface area contributed by atoms with Gasteiger partial charge in [-0.1, -0.05) is 0 Å². The first-order valence-corrected chi connectivity index (χ1v) is 10.3. The lowest BCUT2D eigenvalue weighted by atomic mass is 10.3. The van der Waals surface area contributed by atoms with Gasteiger partial charge < -0.3 is 11.1 Å². The highest BCUT2D eigenvalue weighted by atomic mass is 35.5. The van der Waals surface area contributed by atoms with Crippen LogP contribution in [0.3, 0.4) is 0 Å². The van der Waals surface area contributed by atoms with E-state index in [1.165, 1.54) is 15.8 Å². The second-order valence-electron chi connectivity index (χ2n) is 4.87. The summed E-state index contributed by atoms with van der Waals surface area (Å²) in [5, 5.41) is 3.51. The zero-order valence-electron chi connectivity index (χ0n) is 12.5. The van der Waals surface area contributed by atoms with E-state index in [0.717, 1.165) is 11.3 Å². The van der Waals surface area contributed by atoms with Gasteiger partial charge in [0.15, 0.2) is 0 Å². The Balaban J connectivity index is 0.00000288. The Hall–Kier alpha value is -0.460. The third-order valence-corrected chi connectivity index (χ3v) is 7.16. The average molecular weight is 422 g/mol. The van der Waals surface area contributed by atoms with Crippen LogP contribution in [0.2, 0.25) is 0 Å². The van der Waals surface area contributed by atoms with Crippen molar-refractivity contribution < 1.29 is 22.0 Å². The van der Waals surface area contributed by atoms with E-state index in [9.17, 15) is 22.0 Å². The minimum Gasteiger partial charge on any atom is -0.345 e. The number of rotatable bonds is 6. The number of carbonyl (C=O) groups excluding carboxylic acids is 1. The van der Waals surface area contributed by atoms with Gasteiger partial charge >= 0.3 is 0 Å². The summed E-state index contributed by atoms with van der Waals surface area (Å²) in [7, 11) is -3.80. The van der Waals surface area contributed by atoms with Crippen molar-refractivity contribution in [2.45, 2.75) is 10.8 Å². The van der Waals surface area contributed by atoms with Gasteiger partial charge in [-0.25, -0.2) is 17.2 Å². The number of amides is 1. The van der Waals surface area contributed by atoms with Gasteiger partial charge in [-0.3, -0.25) is 4.79 Å². The van der Waals surface area contributed by atoms with Crippen LogP contribution in [0.1, 0.15) is 9.67 Å². The van der Waals surface area contributed by atoms with Crippen LogP contribution in [0.25, 0.3) is 0 Å². The van der Waals surface area contributed by atoms with E-state index < -0.39 is 34.9 Å². The molecule has 3 N–H and O–H groups in total. The number of nitrogens with two attached hydrogens (primary N) is 1. The Labute approximate surface area is 153 Å². The quantitative estimate of drug-likeness (QED) is 0.720. The predicted octanol–water partition coefficient (Wildman–Crippen LogP) is 1.23. The molecule has 0 aromatic carbocycles. The molecule has 12 heteroatoms. The molecule has 1 aliphatic rings. The number of carbonyl (C=O) groups is 1. The zero-order valence-corrected chi connectivity index (χ0v) is 15.8. The number of thioether (sulfide) groups is 1. The van der Waals surface area contributed by atoms with Crippen molar-refractivity contribution in [1.29, 1.82) is 0 Å². The maximum Gasteiger partial charge on any atom is 0.277 e. The van der Waals surface area contributed by atoms with Gasteiger partial charge in [0.1, 0.15) is 9.77 Å². The molecule has 24 heavy (non-hydrogen) atoms. The predicted molar refractivity (Wildman–Crippen MR) is 94.0 cm³/mol. The van der Waals surface area contributed by atoms with Gasteiger partial charge in [0.05, 0.1) is 13.1 Å². The number of nitrogens with one attached hydrogen (secondary N) is 1. The summed E-state index contributed by atoms with van der Waals surface area (Å²) in [6, 6.07) is 1.33. The molecule has 0 saturated carbocycles. The van der Waals surface area contributed by atoms with Crippen LogP contribution in [0.4, 0.5) is 8.78 Å². The number of alkyl halides is 2. The average Bonchev–Trinajstić information content (AvgIpc) is 3.04. The molecular formula is C12H18ClF2N3O3S3. The minimum absolute atomic E-state index is 0. The molecule has 1 amide bonds. The summed E-state index contributed by atoms with van der Waals surface area (Å²) < 4.78 is 52.8. The summed E-state index contributed by atoms with van der Waals surface area (Å²) in [5.74, 6) is -2.69. The van der Waals surface area contributed by atoms with Gasteiger partial charge in [-0.15, -0.1) is 23.7 Å². The molecule has 2 rings (SSSR count). The smallest absolute Gasteiger partial charge is 0.277 e. The fourth-order valence-electron chi connectivity index (χ4n) is 1.95. The molecule has 0 bridgehead atoms. The Morgan fingerprint density at radius 3 is 2.58 bits per heavy atom. The summed E-state index contributed by atoms with van der Waals surface area (Å²) in [6.45, 7) is -1.08. The third-order valence-electron chi connectivity index (χ3n) is 3.23. The van der Waals surface area contributed by atoms with E-state index >= 15 is 0 Å². The van der Waals surface area contributed by atoms with E-state index in [4.69, 9.17) is 5.73 Å². The molecule has 0 aliphatic carbocycles. The normalized spacial score (nSPS) is 16.5. The van der Waals surface area contributed by atoms with Crippen molar-refractivity contribution in [1.82, 2.24) is 9.62 Å². The van der Waals surface area contributed by atoms with Gasteiger partial charge in [-0.05, 0) is 11.4 Å². The first-order valence-electron chi connectivity index (χ1n) is 6.79. The number of halogens is 3. The van der Waals surface area contributed by atoms with Gasteiger partial charge in [0.2, 0.25) is 10.0 Å². The summed E-state index contributed by atoms with van der Waals surface area (Å²) in [6.07, 6.45) is 0. The number of nitrogens with zero attached hydrogens (tertiary/aromatic N) is 1. The fraction of sp³-hybridized carbons (Fsp3) is 0.583. The van der Waals surface area contributed by atoms with Crippen molar-refractivity contribution in [3.63, 3.8) is 0 Å². The highest BCUT2D eigenvalue weighted by Gasteiger charge is 2.32. The monoisotopic (exact) mass is 421 g/mol. The van der Waals surface area contributed by atoms with Crippen LogP contribution < -0.4 is 11.1 Å². The van der Waals surface area contributed by atoms with E-state index in [0.29, 0.717) is 24.6 Å². The molecule has 0 atom stereocenters. The van der Waals surface area contributed by atoms with Crippen LogP contribution in [-0.4, -0.2) is 62.2 Å². The first kappa shape index (κ1) is 21.6. The molecule has 0 radical (unpaired) electrons. The Bertz CT molecular complexity index is 664. The lowest BCUT2D eigenvalue weighted by molar-refractivity contribution is 0.0119. The maximum absolute atomic E-state index is 13.1. The van der Waals surface area contributed by atoms with E-state index in [2.05, 4.69) is 0 Å². The standard InChI is InChI=1S/C12H17F2N3O3S3.ClH/c13-12(14,7-15)8-16-11(18)10-9(1-4-22-10)23(19,20)17-2-5-21-6-3-17;/h1,4H,2-3,5-8,15H2,(H,16,18);1H. The van der Waals surface area contributed by atoms with Crippen molar-refractivity contribution in [2.75, 3.05) is 37.7 Å². The summed E-state index contributed by atoms with van der Waals surface area (Å²) in [4.78, 5) is 11.8. The van der Waals surface area contributed by atoms with E-state index in [1.807, 2.05) is 5.32 Å². The lowest BCUT2D eigenvalue weighted by Gasteiger charge is -2.25. The SMILES string of the molecule is Cl.NCC(F)(F)CNC(=O)c1sccc1S(=O)(=O)N1CCSCC1. The number of thiophene rings is 1. The van der Waals surface area contributed by atoms with Gasteiger partial charge in [0, 0.05) is 24.6 Å². The molecule has 1 fully saturated rings. The van der Waals surface area contributed by atoms with Crippen molar-refractivity contribution >= 4 is 51.4 Å². The minimum atomic E-state index is -3.80. The summed E-state index contributed by atoms with van der Waals surface area (Å²) >= 11 is 2.57. The largest absolute Gasteiger partial charge is 0.345 e. The number of hydrogen-bond donors (Lipinski definition) is 2. The summed E-state index contributed by atoms with van der Waals surface area (Å²) in [5.41, 5.74) is 4.90. The highest BCUT2D eigenvalue weighted by molar-refractivity contribution is 7.99. The van der Waals surface area contributed by atoms with E-state index in [-0.39, 0.29) is 22.2 Å². The molecule has 0 unspecified atom stereocenters. The molecule has 138 valence electrons. The van der Waals surface area contributed by atoms with Crippen molar-refractivity contribution in [3.05, 3.63) is 16.3 Å². The second kappa shape index (κ2) is 8.77. The second-order valence-corrected chi connectivity index (χ2v) is 8.92. The zero-order chi connectivity index (χ0) is 17.1. The van der Waals surface area contributed by atoms with Crippen LogP contribution in [0.15, 0.2) is 16.3 Å². The van der Waals surface area contributed by atoms with Crippen molar-refractivity contribution in [2.24, 2.45) is 5.73 Å². The molecule has 1 aliphatic heterocycles. The first-order chi connectivity index (χ1) is 10.8. The molecule has 1 saturated heterocycles. The highest BCUT2D eigenvalue weighted by Crippen LogP contribution is 2.27. The van der Waals surface area contributed by atoms with Crippen LogP contribution in [-0.2, 0) is 10.0 Å².